The molecule has 3 aromatic carbocycles. The number of aromatic nitrogens is 4. The summed E-state index contributed by atoms with van der Waals surface area (Å²) in [6, 6.07) is 15.3. The fourth-order valence-electron chi connectivity index (χ4n) is 5.03. The number of aromatic amines is 2. The van der Waals surface area contributed by atoms with Crippen LogP contribution >= 0.6 is 0 Å². The number of hydrogen-bond donors (Lipinski definition) is 2. The summed E-state index contributed by atoms with van der Waals surface area (Å²) in [5, 5.41) is 2.29. The summed E-state index contributed by atoms with van der Waals surface area (Å²) >= 11 is 0. The van der Waals surface area contributed by atoms with Crippen LogP contribution < -0.4 is 4.74 Å². The first-order valence-electron chi connectivity index (χ1n) is 12.7. The van der Waals surface area contributed by atoms with Gasteiger partial charge in [-0.2, -0.15) is 0 Å². The molecule has 1 aliphatic heterocycles. The van der Waals surface area contributed by atoms with Crippen molar-refractivity contribution in [3.05, 3.63) is 84.1 Å². The highest BCUT2D eigenvalue weighted by atomic mass is 16.5. The number of ether oxygens (including phenoxy) is 1. The zero-order chi connectivity index (χ0) is 24.6. The monoisotopic (exact) mass is 474 g/mol. The highest BCUT2D eigenvalue weighted by Crippen LogP contribution is 2.42. The van der Waals surface area contributed by atoms with Crippen LogP contribution in [0.5, 0.6) is 5.75 Å². The molecule has 0 amide bonds. The van der Waals surface area contributed by atoms with Crippen LogP contribution in [-0.4, -0.2) is 19.9 Å². The summed E-state index contributed by atoms with van der Waals surface area (Å²) in [6.07, 6.45) is 11.3. The van der Waals surface area contributed by atoms with E-state index in [9.17, 15) is 0 Å². The van der Waals surface area contributed by atoms with Gasteiger partial charge in [-0.3, -0.25) is 0 Å². The van der Waals surface area contributed by atoms with Gasteiger partial charge >= 0.3 is 0 Å². The highest BCUT2D eigenvalue weighted by Gasteiger charge is 2.20. The molecule has 0 saturated heterocycles. The van der Waals surface area contributed by atoms with Crippen LogP contribution in [-0.2, 0) is 13.0 Å². The van der Waals surface area contributed by atoms with E-state index in [4.69, 9.17) is 9.72 Å². The van der Waals surface area contributed by atoms with Gasteiger partial charge in [-0.05, 0) is 71.7 Å². The standard InChI is InChI=1S/C31H30N4O/c1-4-6-7-9-29-33-26-13-11-20-15-25-23-12-10-21(27-17-32-31(34-27)19(3)8-5-2)14-22(23)18-36-28(25)16-24(20)30(26)35-29/h6-8,10-17H,4-5,9,18H2,1-3H3,(H,32,34)(H,33,35). The van der Waals surface area contributed by atoms with E-state index in [1.165, 1.54) is 22.1 Å². The van der Waals surface area contributed by atoms with Gasteiger partial charge < -0.3 is 14.7 Å². The van der Waals surface area contributed by atoms with E-state index in [-0.39, 0.29) is 0 Å². The largest absolute Gasteiger partial charge is 0.488 e. The minimum atomic E-state index is 0.543. The van der Waals surface area contributed by atoms with Crippen molar-refractivity contribution in [1.82, 2.24) is 19.9 Å². The van der Waals surface area contributed by atoms with Crippen LogP contribution in [0.3, 0.4) is 0 Å². The lowest BCUT2D eigenvalue weighted by molar-refractivity contribution is 0.303. The van der Waals surface area contributed by atoms with Gasteiger partial charge in [0, 0.05) is 17.4 Å². The maximum absolute atomic E-state index is 6.28. The Hall–Kier alpha value is -4.12. The number of H-pyrrole nitrogens is 2. The summed E-state index contributed by atoms with van der Waals surface area (Å²) in [5.74, 6) is 2.82. The van der Waals surface area contributed by atoms with Crippen molar-refractivity contribution in [2.45, 2.75) is 46.6 Å². The molecular weight excluding hydrogens is 444 g/mol. The van der Waals surface area contributed by atoms with Crippen LogP contribution in [0.15, 0.2) is 66.9 Å². The molecule has 0 atom stereocenters. The van der Waals surface area contributed by atoms with E-state index in [1.807, 2.05) is 6.20 Å². The van der Waals surface area contributed by atoms with E-state index >= 15 is 0 Å². The van der Waals surface area contributed by atoms with Gasteiger partial charge in [0.05, 0.1) is 22.9 Å². The lowest BCUT2D eigenvalue weighted by atomic mass is 9.92. The Bertz CT molecular complexity index is 1650. The second-order valence-electron chi connectivity index (χ2n) is 9.40. The molecule has 5 nitrogen and oxygen atoms in total. The van der Waals surface area contributed by atoms with Crippen LogP contribution in [0, 0.1) is 0 Å². The topological polar surface area (TPSA) is 66.6 Å². The Morgan fingerprint density at radius 1 is 1.00 bits per heavy atom. The third-order valence-electron chi connectivity index (χ3n) is 6.88. The predicted molar refractivity (Wildman–Crippen MR) is 148 cm³/mol. The van der Waals surface area contributed by atoms with E-state index in [1.54, 1.807) is 0 Å². The fraction of sp³-hybridized carbons (Fsp3) is 0.226. The molecule has 180 valence electrons. The predicted octanol–water partition coefficient (Wildman–Crippen LogP) is 7.99. The quantitative estimate of drug-likeness (QED) is 0.245. The SMILES string of the molecule is CCC=CCc1nc2c(ccc3cc4c(cc32)OCc2cc(-c3cnc(C(C)=CCC)[nH]3)ccc2-4)[nH]1. The molecule has 5 heteroatoms. The molecule has 2 aromatic heterocycles. The van der Waals surface area contributed by atoms with Crippen molar-refractivity contribution in [1.29, 1.82) is 0 Å². The third kappa shape index (κ3) is 3.91. The number of nitrogens with zero attached hydrogens (tertiary/aromatic N) is 2. The van der Waals surface area contributed by atoms with E-state index in [0.717, 1.165) is 69.9 Å². The van der Waals surface area contributed by atoms with Crippen LogP contribution in [0.4, 0.5) is 0 Å². The van der Waals surface area contributed by atoms with Crippen molar-refractivity contribution in [2.24, 2.45) is 0 Å². The van der Waals surface area contributed by atoms with Crippen LogP contribution in [0.1, 0.15) is 50.8 Å². The van der Waals surface area contributed by atoms with Gasteiger partial charge in [0.15, 0.2) is 0 Å². The number of fused-ring (bicyclic) bond motifs is 6. The number of allylic oxidation sites excluding steroid dienone is 4. The maximum Gasteiger partial charge on any atom is 0.133 e. The zero-order valence-corrected chi connectivity index (χ0v) is 21.0. The normalized spacial score (nSPS) is 13.4. The van der Waals surface area contributed by atoms with Gasteiger partial charge in [0.1, 0.15) is 24.0 Å². The second kappa shape index (κ2) is 9.15. The molecule has 2 N–H and O–H groups in total. The molecular formula is C31H30N4O. The number of imidazole rings is 2. The van der Waals surface area contributed by atoms with Gasteiger partial charge in [-0.15, -0.1) is 0 Å². The molecule has 0 spiro atoms. The van der Waals surface area contributed by atoms with Gasteiger partial charge in [0.25, 0.3) is 0 Å². The molecule has 0 radical (unpaired) electrons. The summed E-state index contributed by atoms with van der Waals surface area (Å²) in [7, 11) is 0. The smallest absolute Gasteiger partial charge is 0.133 e. The molecule has 36 heavy (non-hydrogen) atoms. The van der Waals surface area contributed by atoms with Crippen molar-refractivity contribution in [3.63, 3.8) is 0 Å². The van der Waals surface area contributed by atoms with Gasteiger partial charge in [0.2, 0.25) is 0 Å². The Morgan fingerprint density at radius 3 is 2.78 bits per heavy atom. The first-order valence-corrected chi connectivity index (χ1v) is 12.7. The molecule has 0 aliphatic carbocycles. The fourth-order valence-corrected chi connectivity index (χ4v) is 5.03. The lowest BCUT2D eigenvalue weighted by Gasteiger charge is -2.22. The van der Waals surface area contributed by atoms with Crippen LogP contribution in [0.25, 0.3) is 49.8 Å². The maximum atomic E-state index is 6.28. The van der Waals surface area contributed by atoms with Crippen LogP contribution in [0.2, 0.25) is 0 Å². The minimum Gasteiger partial charge on any atom is -0.488 e. The lowest BCUT2D eigenvalue weighted by Crippen LogP contribution is -2.05. The molecule has 5 aromatic rings. The zero-order valence-electron chi connectivity index (χ0n) is 21.0. The van der Waals surface area contributed by atoms with Crippen molar-refractivity contribution >= 4 is 27.4 Å². The summed E-state index contributed by atoms with van der Waals surface area (Å²) in [6.45, 7) is 6.92. The first-order chi connectivity index (χ1) is 17.6. The van der Waals surface area contributed by atoms with Gasteiger partial charge in [-0.25, -0.2) is 9.97 Å². The molecule has 0 fully saturated rings. The average Bonchev–Trinajstić information content (AvgIpc) is 3.55. The van der Waals surface area contributed by atoms with Gasteiger partial charge in [-0.1, -0.05) is 50.3 Å². The molecule has 6 rings (SSSR count). The first kappa shape index (κ1) is 22.4. The Kier molecular flexibility index (Phi) is 5.68. The summed E-state index contributed by atoms with van der Waals surface area (Å²) in [5.41, 5.74) is 8.90. The Morgan fingerprint density at radius 2 is 1.92 bits per heavy atom. The second-order valence-corrected chi connectivity index (χ2v) is 9.40. The highest BCUT2D eigenvalue weighted by molar-refractivity contribution is 6.07. The number of rotatable bonds is 6. The molecule has 0 bridgehead atoms. The molecule has 0 saturated carbocycles. The average molecular weight is 475 g/mol. The third-order valence-corrected chi connectivity index (χ3v) is 6.88. The minimum absolute atomic E-state index is 0.543. The molecule has 3 heterocycles. The van der Waals surface area contributed by atoms with Crippen molar-refractivity contribution in [3.8, 4) is 28.1 Å². The van der Waals surface area contributed by atoms with E-state index < -0.39 is 0 Å². The summed E-state index contributed by atoms with van der Waals surface area (Å²) in [4.78, 5) is 16.4. The molecule has 0 unspecified atom stereocenters. The van der Waals surface area contributed by atoms with Crippen molar-refractivity contribution < 1.29 is 4.74 Å². The summed E-state index contributed by atoms with van der Waals surface area (Å²) < 4.78 is 6.28. The van der Waals surface area contributed by atoms with E-state index in [0.29, 0.717) is 6.61 Å². The number of nitrogens with one attached hydrogen (secondary N) is 2. The number of benzene rings is 3. The van der Waals surface area contributed by atoms with Crippen molar-refractivity contribution in [2.75, 3.05) is 0 Å². The Labute approximate surface area is 211 Å². The van der Waals surface area contributed by atoms with E-state index in [2.05, 4.69) is 96.4 Å². The molecule has 1 aliphatic rings. The number of hydrogen-bond acceptors (Lipinski definition) is 3. The Balaban J connectivity index is 1.37.